The van der Waals surface area contributed by atoms with Crippen LogP contribution in [0.5, 0.6) is 0 Å². The lowest BCUT2D eigenvalue weighted by molar-refractivity contribution is -0.150. The van der Waals surface area contributed by atoms with Crippen LogP contribution in [0.15, 0.2) is 48.5 Å². The van der Waals surface area contributed by atoms with E-state index >= 15 is 0 Å². The summed E-state index contributed by atoms with van der Waals surface area (Å²) >= 11 is 0. The lowest BCUT2D eigenvalue weighted by Crippen LogP contribution is -2.52. The number of carboxylic acids is 1. The van der Waals surface area contributed by atoms with E-state index in [0.717, 1.165) is 10.5 Å². The highest BCUT2D eigenvalue weighted by Crippen LogP contribution is 2.22. The number of benzene rings is 2. The fourth-order valence-electron chi connectivity index (χ4n) is 3.47. The number of carbonyl (C=O) groups is 3. The molecule has 0 saturated carbocycles. The van der Waals surface area contributed by atoms with Crippen LogP contribution < -0.4 is 16.0 Å². The van der Waals surface area contributed by atoms with Crippen molar-refractivity contribution in [2.45, 2.75) is 18.6 Å². The van der Waals surface area contributed by atoms with Crippen LogP contribution in [0, 0.1) is 0 Å². The predicted molar refractivity (Wildman–Crippen MR) is 115 cm³/mol. The molecule has 2 aromatic carbocycles. The van der Waals surface area contributed by atoms with Crippen LogP contribution in [-0.2, 0) is 16.0 Å². The molecule has 0 bridgehead atoms. The minimum atomic E-state index is -4.35. The highest BCUT2D eigenvalue weighted by molar-refractivity contribution is 5.96. The van der Waals surface area contributed by atoms with Crippen molar-refractivity contribution < 1.29 is 32.7 Å². The molecule has 1 aliphatic rings. The van der Waals surface area contributed by atoms with Gasteiger partial charge in [0.15, 0.2) is 0 Å². The number of nitrogens with one attached hydrogen (secondary N) is 1. The van der Waals surface area contributed by atoms with Crippen molar-refractivity contribution in [2.75, 3.05) is 36.4 Å². The maximum Gasteiger partial charge on any atom is 0.401 e. The molecule has 0 radical (unpaired) electrons. The summed E-state index contributed by atoms with van der Waals surface area (Å²) in [7, 11) is 0. The number of piperazine rings is 1. The Morgan fingerprint density at radius 3 is 2.24 bits per heavy atom. The van der Waals surface area contributed by atoms with Crippen LogP contribution in [0.2, 0.25) is 0 Å². The van der Waals surface area contributed by atoms with E-state index in [-0.39, 0.29) is 31.6 Å². The Morgan fingerprint density at radius 1 is 1.06 bits per heavy atom. The molecule has 8 nitrogen and oxygen atoms in total. The second-order valence-corrected chi connectivity index (χ2v) is 7.72. The maximum atomic E-state index is 12.5. The number of alkyl halides is 3. The van der Waals surface area contributed by atoms with Gasteiger partial charge in [0.05, 0.1) is 24.7 Å². The summed E-state index contributed by atoms with van der Waals surface area (Å²) < 4.78 is 37.6. The SMILES string of the molecule is NC(Cc1ccc(N2CCN(CC(F)(F)F)CC2=O)cc1)C(=O)Nc1ccc(C(=O)O)cc1. The molecular weight excluding hydrogens is 441 g/mol. The molecule has 1 atom stereocenters. The van der Waals surface area contributed by atoms with E-state index in [4.69, 9.17) is 10.8 Å². The molecule has 11 heteroatoms. The lowest BCUT2D eigenvalue weighted by Gasteiger charge is -2.34. The molecule has 4 N–H and O–H groups in total. The average Bonchev–Trinajstić information content (AvgIpc) is 2.74. The third-order valence-corrected chi connectivity index (χ3v) is 5.14. The van der Waals surface area contributed by atoms with Gasteiger partial charge in [-0.25, -0.2) is 4.79 Å². The Bertz CT molecular complexity index is 1010. The highest BCUT2D eigenvalue weighted by Gasteiger charge is 2.34. The highest BCUT2D eigenvalue weighted by atomic mass is 19.4. The van der Waals surface area contributed by atoms with Gasteiger partial charge in [0.25, 0.3) is 0 Å². The van der Waals surface area contributed by atoms with E-state index in [1.165, 1.54) is 29.2 Å². The second kappa shape index (κ2) is 10.0. The molecule has 3 rings (SSSR count). The lowest BCUT2D eigenvalue weighted by atomic mass is 10.0. The number of nitrogens with two attached hydrogens (primary N) is 1. The van der Waals surface area contributed by atoms with Crippen molar-refractivity contribution >= 4 is 29.2 Å². The minimum Gasteiger partial charge on any atom is -0.478 e. The van der Waals surface area contributed by atoms with Crippen molar-refractivity contribution in [1.29, 1.82) is 0 Å². The van der Waals surface area contributed by atoms with Crippen molar-refractivity contribution in [2.24, 2.45) is 5.73 Å². The molecule has 1 fully saturated rings. The number of carboxylic acid groups (broad SMARTS) is 1. The first-order chi connectivity index (χ1) is 15.5. The standard InChI is InChI=1S/C22H23F3N4O4/c23-22(24,25)13-28-9-10-29(19(30)12-28)17-7-1-14(2-8-17)11-18(26)20(31)27-16-5-3-15(4-6-16)21(32)33/h1-8,18H,9-13,26H2,(H,27,31)(H,32,33). The third-order valence-electron chi connectivity index (χ3n) is 5.14. The zero-order valence-corrected chi connectivity index (χ0v) is 17.5. The Kier molecular flexibility index (Phi) is 7.34. The molecule has 176 valence electrons. The fraction of sp³-hybridized carbons (Fsp3) is 0.318. The molecule has 0 aliphatic carbocycles. The quantitative estimate of drug-likeness (QED) is 0.578. The predicted octanol–water partition coefficient (Wildman–Crippen LogP) is 2.10. The number of anilines is 2. The van der Waals surface area contributed by atoms with E-state index in [2.05, 4.69) is 5.32 Å². The van der Waals surface area contributed by atoms with Crippen LogP contribution in [0.25, 0.3) is 0 Å². The van der Waals surface area contributed by atoms with Crippen molar-refractivity contribution in [3.8, 4) is 0 Å². The molecule has 1 aliphatic heterocycles. The molecule has 2 amide bonds. The number of aromatic carboxylic acids is 1. The molecule has 1 unspecified atom stereocenters. The summed E-state index contributed by atoms with van der Waals surface area (Å²) in [6, 6.07) is 11.5. The average molecular weight is 464 g/mol. The van der Waals surface area contributed by atoms with Crippen LogP contribution in [0.1, 0.15) is 15.9 Å². The van der Waals surface area contributed by atoms with Crippen LogP contribution in [0.4, 0.5) is 24.5 Å². The molecule has 1 heterocycles. The maximum absolute atomic E-state index is 12.5. The van der Waals surface area contributed by atoms with E-state index in [1.807, 2.05) is 0 Å². The normalized spacial score (nSPS) is 15.9. The minimum absolute atomic E-state index is 0.0950. The summed E-state index contributed by atoms with van der Waals surface area (Å²) in [5.41, 5.74) is 7.79. The summed E-state index contributed by atoms with van der Waals surface area (Å²) in [4.78, 5) is 38.0. The molecule has 1 saturated heterocycles. The van der Waals surface area contributed by atoms with Gasteiger partial charge in [0.2, 0.25) is 11.8 Å². The smallest absolute Gasteiger partial charge is 0.401 e. The Morgan fingerprint density at radius 2 is 1.70 bits per heavy atom. The number of amides is 2. The van der Waals surface area contributed by atoms with Gasteiger partial charge in [0.1, 0.15) is 0 Å². The monoisotopic (exact) mass is 464 g/mol. The number of nitrogens with zero attached hydrogens (tertiary/aromatic N) is 2. The van der Waals surface area contributed by atoms with Gasteiger partial charge in [-0.3, -0.25) is 14.5 Å². The Labute approximate surface area is 187 Å². The first-order valence-corrected chi connectivity index (χ1v) is 10.1. The number of rotatable bonds is 7. The van der Waals surface area contributed by atoms with Crippen LogP contribution in [-0.4, -0.2) is 66.2 Å². The van der Waals surface area contributed by atoms with E-state index in [0.29, 0.717) is 11.4 Å². The fourth-order valence-corrected chi connectivity index (χ4v) is 3.47. The first kappa shape index (κ1) is 24.2. The summed E-state index contributed by atoms with van der Waals surface area (Å²) in [6.45, 7) is -1.16. The van der Waals surface area contributed by atoms with Gasteiger partial charge >= 0.3 is 12.1 Å². The van der Waals surface area contributed by atoms with Crippen molar-refractivity contribution in [3.63, 3.8) is 0 Å². The van der Waals surface area contributed by atoms with E-state index in [1.54, 1.807) is 24.3 Å². The molecule has 33 heavy (non-hydrogen) atoms. The third kappa shape index (κ3) is 6.77. The van der Waals surface area contributed by atoms with Gasteiger partial charge < -0.3 is 21.1 Å². The molecule has 0 spiro atoms. The van der Waals surface area contributed by atoms with Crippen LogP contribution in [0.3, 0.4) is 0 Å². The number of carbonyl (C=O) groups excluding carboxylic acids is 2. The summed E-state index contributed by atoms with van der Waals surface area (Å²) in [5.74, 6) is -1.93. The van der Waals surface area contributed by atoms with Crippen molar-refractivity contribution in [3.05, 3.63) is 59.7 Å². The van der Waals surface area contributed by atoms with Gasteiger partial charge in [-0.1, -0.05) is 12.1 Å². The first-order valence-electron chi connectivity index (χ1n) is 10.1. The molecule has 0 aromatic heterocycles. The Hall–Kier alpha value is -3.44. The largest absolute Gasteiger partial charge is 0.478 e. The van der Waals surface area contributed by atoms with Gasteiger partial charge in [-0.15, -0.1) is 0 Å². The molecular formula is C22H23F3N4O4. The number of hydrogen-bond donors (Lipinski definition) is 3. The van der Waals surface area contributed by atoms with E-state index < -0.39 is 36.5 Å². The van der Waals surface area contributed by atoms with Gasteiger partial charge in [-0.2, -0.15) is 13.2 Å². The zero-order valence-electron chi connectivity index (χ0n) is 17.5. The topological polar surface area (TPSA) is 116 Å². The number of halogens is 3. The summed E-state index contributed by atoms with van der Waals surface area (Å²) in [6.07, 6.45) is -4.14. The van der Waals surface area contributed by atoms with Crippen molar-refractivity contribution in [1.82, 2.24) is 4.90 Å². The second-order valence-electron chi connectivity index (χ2n) is 7.72. The van der Waals surface area contributed by atoms with Crippen LogP contribution >= 0.6 is 0 Å². The van der Waals surface area contributed by atoms with Gasteiger partial charge in [-0.05, 0) is 48.4 Å². The van der Waals surface area contributed by atoms with E-state index in [9.17, 15) is 27.6 Å². The summed E-state index contributed by atoms with van der Waals surface area (Å²) in [5, 5.41) is 11.5. The van der Waals surface area contributed by atoms with Gasteiger partial charge in [0, 0.05) is 24.5 Å². The number of hydrogen-bond acceptors (Lipinski definition) is 5. The Balaban J connectivity index is 1.54. The zero-order chi connectivity index (χ0) is 24.2. The molecule has 2 aromatic rings.